The van der Waals surface area contributed by atoms with Crippen molar-refractivity contribution in [2.24, 2.45) is 5.41 Å². The van der Waals surface area contributed by atoms with E-state index in [0.29, 0.717) is 6.04 Å². The summed E-state index contributed by atoms with van der Waals surface area (Å²) in [5, 5.41) is 13.1. The maximum Gasteiger partial charge on any atom is 0.0584 e. The van der Waals surface area contributed by atoms with E-state index in [1.54, 1.807) is 0 Å². The third kappa shape index (κ3) is 2.60. The summed E-state index contributed by atoms with van der Waals surface area (Å²) in [6.07, 6.45) is 3.33. The van der Waals surface area contributed by atoms with Gasteiger partial charge in [-0.25, -0.2) is 0 Å². The number of nitrogens with one attached hydrogen (secondary N) is 1. The smallest absolute Gasteiger partial charge is 0.0584 e. The molecule has 1 unspecified atom stereocenters. The highest BCUT2D eigenvalue weighted by Gasteiger charge is 2.36. The first-order chi connectivity index (χ1) is 8.58. The van der Waals surface area contributed by atoms with Crippen molar-refractivity contribution >= 4 is 0 Å². The Labute approximate surface area is 110 Å². The second-order valence-corrected chi connectivity index (χ2v) is 6.07. The number of aryl methyl sites for hydroxylation is 1. The minimum absolute atomic E-state index is 0.195. The van der Waals surface area contributed by atoms with Gasteiger partial charge in [0, 0.05) is 12.1 Å². The molecule has 2 heteroatoms. The fourth-order valence-electron chi connectivity index (χ4n) is 2.92. The SMILES string of the molecule is CC[C@H](CO)NC1c2ccccc2CCC1(C)C. The van der Waals surface area contributed by atoms with Crippen LogP contribution in [0.2, 0.25) is 0 Å². The van der Waals surface area contributed by atoms with Crippen molar-refractivity contribution in [2.45, 2.75) is 52.1 Å². The van der Waals surface area contributed by atoms with E-state index in [4.69, 9.17) is 0 Å². The number of hydrogen-bond acceptors (Lipinski definition) is 2. The van der Waals surface area contributed by atoms with Crippen LogP contribution in [0.4, 0.5) is 0 Å². The van der Waals surface area contributed by atoms with Crippen LogP contribution in [0, 0.1) is 5.41 Å². The fourth-order valence-corrected chi connectivity index (χ4v) is 2.92. The average Bonchev–Trinajstić information content (AvgIpc) is 2.38. The van der Waals surface area contributed by atoms with Crippen LogP contribution in [0.3, 0.4) is 0 Å². The summed E-state index contributed by atoms with van der Waals surface area (Å²) in [5.41, 5.74) is 3.12. The lowest BCUT2D eigenvalue weighted by molar-refractivity contribution is 0.159. The molecule has 1 aliphatic rings. The van der Waals surface area contributed by atoms with Gasteiger partial charge >= 0.3 is 0 Å². The van der Waals surface area contributed by atoms with Gasteiger partial charge in [-0.1, -0.05) is 45.0 Å². The third-order valence-electron chi connectivity index (χ3n) is 4.30. The monoisotopic (exact) mass is 247 g/mol. The molecule has 0 fully saturated rings. The second kappa shape index (κ2) is 5.41. The standard InChI is InChI=1S/C16H25NO/c1-4-13(11-18)17-15-14-8-6-5-7-12(14)9-10-16(15,2)3/h5-8,13,15,17-18H,4,9-11H2,1-3H3/t13-,15?/m1/s1. The van der Waals surface area contributed by atoms with Crippen molar-refractivity contribution in [3.05, 3.63) is 35.4 Å². The lowest BCUT2D eigenvalue weighted by atomic mass is 9.70. The van der Waals surface area contributed by atoms with Gasteiger partial charge in [-0.3, -0.25) is 0 Å². The van der Waals surface area contributed by atoms with Crippen LogP contribution in [0.15, 0.2) is 24.3 Å². The molecule has 1 aromatic rings. The van der Waals surface area contributed by atoms with Gasteiger partial charge in [0.1, 0.15) is 0 Å². The number of aliphatic hydroxyl groups excluding tert-OH is 1. The zero-order valence-corrected chi connectivity index (χ0v) is 11.7. The predicted octanol–water partition coefficient (Wildman–Crippen LogP) is 3.06. The van der Waals surface area contributed by atoms with Crippen molar-refractivity contribution < 1.29 is 5.11 Å². The quantitative estimate of drug-likeness (QED) is 0.857. The van der Waals surface area contributed by atoms with Crippen molar-refractivity contribution in [1.29, 1.82) is 0 Å². The zero-order chi connectivity index (χ0) is 13.2. The Morgan fingerprint density at radius 2 is 2.11 bits per heavy atom. The molecule has 0 aromatic heterocycles. The molecule has 0 heterocycles. The Balaban J connectivity index is 2.29. The molecule has 2 rings (SSSR count). The Kier molecular flexibility index (Phi) is 4.08. The lowest BCUT2D eigenvalue weighted by Crippen LogP contribution is -2.44. The molecule has 1 aromatic carbocycles. The van der Waals surface area contributed by atoms with Crippen LogP contribution >= 0.6 is 0 Å². The summed E-state index contributed by atoms with van der Waals surface area (Å²) in [6, 6.07) is 9.25. The van der Waals surface area contributed by atoms with Gasteiger partial charge in [-0.05, 0) is 35.8 Å². The molecular weight excluding hydrogens is 222 g/mol. The molecule has 0 saturated carbocycles. The first kappa shape index (κ1) is 13.6. The zero-order valence-electron chi connectivity index (χ0n) is 11.7. The molecule has 18 heavy (non-hydrogen) atoms. The van der Waals surface area contributed by atoms with Gasteiger partial charge in [0.25, 0.3) is 0 Å². The van der Waals surface area contributed by atoms with Crippen molar-refractivity contribution in [1.82, 2.24) is 5.32 Å². The van der Waals surface area contributed by atoms with Gasteiger partial charge in [0.15, 0.2) is 0 Å². The molecule has 1 aliphatic carbocycles. The number of benzene rings is 1. The summed E-state index contributed by atoms with van der Waals surface area (Å²) in [4.78, 5) is 0. The molecule has 0 radical (unpaired) electrons. The Morgan fingerprint density at radius 1 is 1.39 bits per heavy atom. The first-order valence-electron chi connectivity index (χ1n) is 7.03. The molecule has 0 aliphatic heterocycles. The highest BCUT2D eigenvalue weighted by Crippen LogP contribution is 2.43. The minimum Gasteiger partial charge on any atom is -0.395 e. The van der Waals surface area contributed by atoms with Gasteiger partial charge in [-0.2, -0.15) is 0 Å². The highest BCUT2D eigenvalue weighted by atomic mass is 16.3. The van der Waals surface area contributed by atoms with E-state index in [2.05, 4.69) is 50.4 Å². The fraction of sp³-hybridized carbons (Fsp3) is 0.625. The third-order valence-corrected chi connectivity index (χ3v) is 4.30. The minimum atomic E-state index is 0.195. The van der Waals surface area contributed by atoms with Crippen LogP contribution in [0.5, 0.6) is 0 Å². The molecule has 0 bridgehead atoms. The molecule has 2 N–H and O–H groups in total. The molecule has 0 amide bonds. The summed E-state index contributed by atoms with van der Waals surface area (Å²) in [7, 11) is 0. The lowest BCUT2D eigenvalue weighted by Gasteiger charge is -2.42. The molecule has 0 spiro atoms. The van der Waals surface area contributed by atoms with Crippen molar-refractivity contribution in [2.75, 3.05) is 6.61 Å². The summed E-state index contributed by atoms with van der Waals surface area (Å²) in [6.45, 7) is 6.98. The van der Waals surface area contributed by atoms with Crippen LogP contribution in [0.25, 0.3) is 0 Å². The van der Waals surface area contributed by atoms with Crippen LogP contribution in [-0.4, -0.2) is 17.8 Å². The van der Waals surface area contributed by atoms with Crippen LogP contribution in [-0.2, 0) is 6.42 Å². The number of aliphatic hydroxyl groups is 1. The van der Waals surface area contributed by atoms with Gasteiger partial charge in [0.2, 0.25) is 0 Å². The van der Waals surface area contributed by atoms with Crippen LogP contribution < -0.4 is 5.32 Å². The van der Waals surface area contributed by atoms with Gasteiger partial charge < -0.3 is 10.4 Å². The maximum absolute atomic E-state index is 9.41. The summed E-state index contributed by atoms with van der Waals surface area (Å²) >= 11 is 0. The van der Waals surface area contributed by atoms with E-state index < -0.39 is 0 Å². The van der Waals surface area contributed by atoms with E-state index in [1.807, 2.05) is 0 Å². The Bertz CT molecular complexity index is 396. The van der Waals surface area contributed by atoms with E-state index in [1.165, 1.54) is 17.5 Å². The van der Waals surface area contributed by atoms with Crippen molar-refractivity contribution in [3.8, 4) is 0 Å². The predicted molar refractivity (Wildman–Crippen MR) is 75.6 cm³/mol. The molecule has 2 nitrogen and oxygen atoms in total. The Hall–Kier alpha value is -0.860. The van der Waals surface area contributed by atoms with Crippen LogP contribution in [0.1, 0.15) is 50.8 Å². The molecule has 0 saturated heterocycles. The number of rotatable bonds is 4. The van der Waals surface area contributed by atoms with Gasteiger partial charge in [-0.15, -0.1) is 0 Å². The molecule has 100 valence electrons. The number of fused-ring (bicyclic) bond motifs is 1. The summed E-state index contributed by atoms with van der Waals surface area (Å²) < 4.78 is 0. The molecular formula is C16H25NO. The Morgan fingerprint density at radius 3 is 2.78 bits per heavy atom. The highest BCUT2D eigenvalue weighted by molar-refractivity contribution is 5.34. The topological polar surface area (TPSA) is 32.3 Å². The van der Waals surface area contributed by atoms with Gasteiger partial charge in [0.05, 0.1) is 6.61 Å². The largest absolute Gasteiger partial charge is 0.395 e. The van der Waals surface area contributed by atoms with E-state index >= 15 is 0 Å². The second-order valence-electron chi connectivity index (χ2n) is 6.07. The average molecular weight is 247 g/mol. The summed E-state index contributed by atoms with van der Waals surface area (Å²) in [5.74, 6) is 0. The van der Waals surface area contributed by atoms with E-state index in [0.717, 1.165) is 12.8 Å². The number of hydrogen-bond donors (Lipinski definition) is 2. The first-order valence-corrected chi connectivity index (χ1v) is 7.03. The normalized spacial score (nSPS) is 23.4. The van der Waals surface area contributed by atoms with E-state index in [-0.39, 0.29) is 18.1 Å². The molecule has 2 atom stereocenters. The maximum atomic E-state index is 9.41. The van der Waals surface area contributed by atoms with Crippen molar-refractivity contribution in [3.63, 3.8) is 0 Å². The van der Waals surface area contributed by atoms with E-state index in [9.17, 15) is 5.11 Å².